The lowest BCUT2D eigenvalue weighted by molar-refractivity contribution is -0.143. The van der Waals surface area contributed by atoms with E-state index in [9.17, 15) is 14.3 Å². The lowest BCUT2D eigenvalue weighted by Crippen LogP contribution is -2.34. The Bertz CT molecular complexity index is 1190. The van der Waals surface area contributed by atoms with E-state index < -0.39 is 17.8 Å². The predicted octanol–water partition coefficient (Wildman–Crippen LogP) is 5.37. The van der Waals surface area contributed by atoms with E-state index in [1.165, 1.54) is 13.2 Å². The van der Waals surface area contributed by atoms with Crippen LogP contribution in [0.1, 0.15) is 80.3 Å². The van der Waals surface area contributed by atoms with E-state index in [1.54, 1.807) is 13.2 Å². The number of ether oxygens (including phenoxy) is 4. The molecule has 1 fully saturated rings. The molecule has 10 heteroatoms. The van der Waals surface area contributed by atoms with E-state index in [1.807, 2.05) is 18.7 Å². The maximum absolute atomic E-state index is 14.8. The van der Waals surface area contributed by atoms with Crippen LogP contribution in [0.25, 0.3) is 0 Å². The van der Waals surface area contributed by atoms with E-state index in [0.29, 0.717) is 38.5 Å². The van der Waals surface area contributed by atoms with Gasteiger partial charge in [0.25, 0.3) is 0 Å². The van der Waals surface area contributed by atoms with Crippen molar-refractivity contribution < 1.29 is 33.2 Å². The zero-order valence-corrected chi connectivity index (χ0v) is 25.4. The quantitative estimate of drug-likeness (QED) is 0.251. The van der Waals surface area contributed by atoms with Gasteiger partial charge >= 0.3 is 5.97 Å². The second-order valence-electron chi connectivity index (χ2n) is 11.4. The summed E-state index contributed by atoms with van der Waals surface area (Å²) < 4.78 is 37.4. The Morgan fingerprint density at radius 3 is 2.74 bits per heavy atom. The molecule has 0 radical (unpaired) electrons. The molecule has 2 atom stereocenters. The second kappa shape index (κ2) is 15.5. The number of aliphatic carboxylic acids is 1. The highest BCUT2D eigenvalue weighted by molar-refractivity contribution is 5.77. The van der Waals surface area contributed by atoms with Crippen LogP contribution >= 0.6 is 0 Å². The van der Waals surface area contributed by atoms with Gasteiger partial charge < -0.3 is 29.4 Å². The van der Waals surface area contributed by atoms with Gasteiger partial charge in [-0.3, -0.25) is 9.69 Å². The Balaban J connectivity index is 1.26. The van der Waals surface area contributed by atoms with E-state index >= 15 is 0 Å². The Hall–Kier alpha value is -2.95. The van der Waals surface area contributed by atoms with Crippen molar-refractivity contribution in [2.75, 3.05) is 59.0 Å². The molecule has 0 spiro atoms. The van der Waals surface area contributed by atoms with Gasteiger partial charge in [0, 0.05) is 56.2 Å². The molecule has 9 nitrogen and oxygen atoms in total. The molecule has 0 saturated carbocycles. The van der Waals surface area contributed by atoms with Crippen LogP contribution in [-0.2, 0) is 27.1 Å². The largest absolute Gasteiger partial charge is 0.493 e. The van der Waals surface area contributed by atoms with E-state index in [2.05, 4.69) is 11.4 Å². The SMILES string of the molecule is COCCOc1cc(CCCCCO[C@@H]2CCN([C@H](C(=O)O)c3cc(C(C)C)cc(F)c3OC)C2)nc2c1CCCN2. The molecular weight excluding hydrogens is 541 g/mol. The van der Waals surface area contributed by atoms with E-state index in [0.717, 1.165) is 79.9 Å². The standard InChI is InChI=1S/C32H46FN3O6/c1-21(2)22-17-26(30(40-4)27(33)18-22)29(32(37)38)36-13-11-24(20-36)41-14-7-5-6-9-23-19-28(42-16-15-39-3)25-10-8-12-34-31(25)35-23/h17-19,21,24,29H,5-16,20H2,1-4H3,(H,34,35)(H,37,38)/t24-,29+/m1/s1. The van der Waals surface area contributed by atoms with Crippen LogP contribution in [0.3, 0.4) is 0 Å². The van der Waals surface area contributed by atoms with Gasteiger partial charge in [0.05, 0.1) is 19.8 Å². The number of carbonyl (C=O) groups is 1. The van der Waals surface area contributed by atoms with Crippen LogP contribution in [0.5, 0.6) is 11.5 Å². The molecular formula is C32H46FN3O6. The number of methoxy groups -OCH3 is 2. The number of anilines is 1. The Morgan fingerprint density at radius 2 is 2.00 bits per heavy atom. The van der Waals surface area contributed by atoms with E-state index in [-0.39, 0.29) is 17.8 Å². The molecule has 4 rings (SSSR count). The number of aromatic nitrogens is 1. The number of aryl methyl sites for hydroxylation is 1. The summed E-state index contributed by atoms with van der Waals surface area (Å²) in [5.41, 5.74) is 3.28. The van der Waals surface area contributed by atoms with Gasteiger partial charge in [-0.15, -0.1) is 0 Å². The maximum atomic E-state index is 14.8. The summed E-state index contributed by atoms with van der Waals surface area (Å²) in [5, 5.41) is 13.5. The smallest absolute Gasteiger partial charge is 0.325 e. The number of hydrogen-bond donors (Lipinski definition) is 2. The number of pyridine rings is 1. The molecule has 0 bridgehead atoms. The van der Waals surface area contributed by atoms with Crippen LogP contribution in [-0.4, -0.2) is 80.7 Å². The minimum absolute atomic E-state index is 0.00553. The number of likely N-dealkylation sites (tertiary alicyclic amines) is 1. The zero-order valence-electron chi connectivity index (χ0n) is 25.4. The number of halogens is 1. The van der Waals surface area contributed by atoms with Crippen LogP contribution < -0.4 is 14.8 Å². The topological polar surface area (TPSA) is 102 Å². The van der Waals surface area contributed by atoms with Gasteiger partial charge in [-0.1, -0.05) is 20.3 Å². The molecule has 2 aliphatic rings. The monoisotopic (exact) mass is 587 g/mol. The number of benzene rings is 1. The van der Waals surface area contributed by atoms with E-state index in [4.69, 9.17) is 23.9 Å². The fourth-order valence-electron chi connectivity index (χ4n) is 5.78. The van der Waals surface area contributed by atoms with Gasteiger partial charge in [0.2, 0.25) is 0 Å². The number of carboxylic acid groups (broad SMARTS) is 1. The number of nitrogens with zero attached hydrogens (tertiary/aromatic N) is 2. The summed E-state index contributed by atoms with van der Waals surface area (Å²) in [6, 6.07) is 4.27. The van der Waals surface area contributed by atoms with Crippen molar-refractivity contribution >= 4 is 11.8 Å². The molecule has 3 heterocycles. The summed E-state index contributed by atoms with van der Waals surface area (Å²) in [6.45, 7) is 7.56. The van der Waals surface area contributed by atoms with Crippen molar-refractivity contribution in [1.29, 1.82) is 0 Å². The van der Waals surface area contributed by atoms with Gasteiger partial charge in [0.1, 0.15) is 24.2 Å². The summed E-state index contributed by atoms with van der Waals surface area (Å²) in [6.07, 6.45) is 6.47. The van der Waals surface area contributed by atoms with Crippen LogP contribution in [0.15, 0.2) is 18.2 Å². The molecule has 2 N–H and O–H groups in total. The average Bonchev–Trinajstić information content (AvgIpc) is 3.42. The number of fused-ring (bicyclic) bond motifs is 1. The minimum atomic E-state index is -1.02. The number of rotatable bonds is 16. The molecule has 0 amide bonds. The Kier molecular flexibility index (Phi) is 11.8. The lowest BCUT2D eigenvalue weighted by atomic mass is 9.95. The van der Waals surface area contributed by atoms with Crippen molar-refractivity contribution in [3.63, 3.8) is 0 Å². The zero-order chi connectivity index (χ0) is 30.1. The summed E-state index contributed by atoms with van der Waals surface area (Å²) in [5.74, 6) is 0.347. The highest BCUT2D eigenvalue weighted by Gasteiger charge is 2.36. The molecule has 0 aliphatic carbocycles. The van der Waals surface area contributed by atoms with Crippen LogP contribution in [0.2, 0.25) is 0 Å². The highest BCUT2D eigenvalue weighted by Crippen LogP contribution is 2.37. The second-order valence-corrected chi connectivity index (χ2v) is 11.4. The molecule has 0 unspecified atom stereocenters. The van der Waals surface area contributed by atoms with Gasteiger partial charge in [-0.05, 0) is 62.1 Å². The molecule has 42 heavy (non-hydrogen) atoms. The first-order valence-corrected chi connectivity index (χ1v) is 15.2. The average molecular weight is 588 g/mol. The number of hydrogen-bond acceptors (Lipinski definition) is 8. The van der Waals surface area contributed by atoms with Crippen molar-refractivity contribution in [3.8, 4) is 11.5 Å². The van der Waals surface area contributed by atoms with Crippen LogP contribution in [0, 0.1) is 5.82 Å². The predicted molar refractivity (Wildman–Crippen MR) is 159 cm³/mol. The van der Waals surface area contributed by atoms with Crippen molar-refractivity contribution in [2.45, 2.75) is 76.9 Å². The van der Waals surface area contributed by atoms with Crippen molar-refractivity contribution in [2.24, 2.45) is 0 Å². The van der Waals surface area contributed by atoms with Crippen molar-refractivity contribution in [3.05, 3.63) is 46.4 Å². The third-order valence-corrected chi connectivity index (χ3v) is 8.04. The molecule has 232 valence electrons. The molecule has 1 saturated heterocycles. The molecule has 2 aromatic rings. The van der Waals surface area contributed by atoms with Gasteiger partial charge in [-0.25, -0.2) is 9.37 Å². The normalized spacial score (nSPS) is 17.6. The number of carboxylic acids is 1. The summed E-state index contributed by atoms with van der Waals surface area (Å²) in [7, 11) is 3.05. The van der Waals surface area contributed by atoms with Gasteiger partial charge in [-0.2, -0.15) is 0 Å². The molecule has 1 aromatic carbocycles. The minimum Gasteiger partial charge on any atom is -0.493 e. The van der Waals surface area contributed by atoms with Crippen LogP contribution in [0.4, 0.5) is 10.2 Å². The third kappa shape index (κ3) is 8.11. The summed E-state index contributed by atoms with van der Waals surface area (Å²) in [4.78, 5) is 19.1. The summed E-state index contributed by atoms with van der Waals surface area (Å²) >= 11 is 0. The Morgan fingerprint density at radius 1 is 1.17 bits per heavy atom. The van der Waals surface area contributed by atoms with Gasteiger partial charge in [0.15, 0.2) is 11.6 Å². The lowest BCUT2D eigenvalue weighted by Gasteiger charge is -2.27. The Labute approximate surface area is 248 Å². The molecule has 1 aromatic heterocycles. The first-order valence-electron chi connectivity index (χ1n) is 15.2. The third-order valence-electron chi connectivity index (χ3n) is 8.04. The highest BCUT2D eigenvalue weighted by atomic mass is 19.1. The molecule has 2 aliphatic heterocycles. The first kappa shape index (κ1) is 32.0. The fraction of sp³-hybridized carbons (Fsp3) is 0.625. The van der Waals surface area contributed by atoms with Crippen molar-refractivity contribution in [1.82, 2.24) is 9.88 Å². The number of nitrogens with one attached hydrogen (secondary N) is 1. The first-order chi connectivity index (χ1) is 20.3. The number of unbranched alkanes of at least 4 members (excludes halogenated alkanes) is 2. The fourth-order valence-corrected chi connectivity index (χ4v) is 5.78. The maximum Gasteiger partial charge on any atom is 0.325 e.